The Kier molecular flexibility index (Phi) is 3.68. The topological polar surface area (TPSA) is 38.2 Å². The smallest absolute Gasteiger partial charge is 0.0259 e. The van der Waals surface area contributed by atoms with E-state index >= 15 is 0 Å². The number of hydrogen-bond donors (Lipinski definition) is 2. The van der Waals surface area contributed by atoms with Crippen molar-refractivity contribution in [2.45, 2.75) is 0 Å². The van der Waals surface area contributed by atoms with Crippen LogP contribution in [0.15, 0.2) is 0 Å². The lowest BCUT2D eigenvalue weighted by atomic mass is 10.6. The molecule has 1 heterocycles. The molecule has 1 fully saturated rings. The molecule has 2 N–H and O–H groups in total. The third kappa shape index (κ3) is 3.46. The summed E-state index contributed by atoms with van der Waals surface area (Å²) in [5, 5.41) is 10.8. The summed E-state index contributed by atoms with van der Waals surface area (Å²) in [4.78, 5) is 0. The van der Waals surface area contributed by atoms with Gasteiger partial charge in [0.25, 0.3) is 0 Å². The van der Waals surface area contributed by atoms with Crippen LogP contribution in [0.1, 0.15) is 0 Å². The fourth-order valence-corrected chi connectivity index (χ4v) is 0.855. The summed E-state index contributed by atoms with van der Waals surface area (Å²) in [5.74, 6) is 0. The Morgan fingerprint density at radius 3 is 1.89 bits per heavy atom. The van der Waals surface area contributed by atoms with Crippen LogP contribution in [0.25, 0.3) is 0 Å². The molecule has 0 aromatic carbocycles. The molecule has 3 heteroatoms. The molecule has 0 saturated carbocycles. The molecule has 1 aliphatic heterocycles. The first-order valence-corrected chi connectivity index (χ1v) is 3.55. The zero-order valence-electron chi connectivity index (χ0n) is 5.69. The summed E-state index contributed by atoms with van der Waals surface area (Å²) < 4.78 is 0. The van der Waals surface area contributed by atoms with E-state index in [0.717, 1.165) is 39.3 Å². The third-order valence-electron chi connectivity index (χ3n) is 1.37. The van der Waals surface area contributed by atoms with E-state index in [0.29, 0.717) is 0 Å². The Bertz CT molecular complexity index is 36.8. The molecule has 0 atom stereocenters. The number of nitrogens with one attached hydrogen (secondary N) is 2. The largest absolute Gasteiger partial charge is 0.314 e. The van der Waals surface area contributed by atoms with Gasteiger partial charge in [-0.2, -0.15) is 0 Å². The quantitative estimate of drug-likeness (QED) is 0.429. The van der Waals surface area contributed by atoms with Crippen LogP contribution in [0.4, 0.5) is 0 Å². The predicted octanol–water partition coefficient (Wildman–Crippen LogP) is -1.22. The van der Waals surface area contributed by atoms with Gasteiger partial charge in [-0.3, -0.25) is 0 Å². The van der Waals surface area contributed by atoms with Crippen LogP contribution >= 0.6 is 0 Å². The second kappa shape index (κ2) is 4.73. The van der Waals surface area contributed by atoms with Gasteiger partial charge in [0.2, 0.25) is 0 Å². The SMILES string of the molecule is C1CNCCNCC[N]1. The summed E-state index contributed by atoms with van der Waals surface area (Å²) in [7, 11) is 0. The van der Waals surface area contributed by atoms with Crippen molar-refractivity contribution in [1.82, 2.24) is 16.0 Å². The van der Waals surface area contributed by atoms with Crippen LogP contribution in [0, 0.1) is 0 Å². The van der Waals surface area contributed by atoms with Gasteiger partial charge in [-0.15, -0.1) is 0 Å². The van der Waals surface area contributed by atoms with Crippen molar-refractivity contribution in [2.24, 2.45) is 0 Å². The van der Waals surface area contributed by atoms with Crippen LogP contribution in [-0.2, 0) is 0 Å². The van der Waals surface area contributed by atoms with Crippen molar-refractivity contribution >= 4 is 0 Å². The van der Waals surface area contributed by atoms with Gasteiger partial charge >= 0.3 is 0 Å². The molecule has 1 radical (unpaired) electrons. The van der Waals surface area contributed by atoms with Crippen molar-refractivity contribution < 1.29 is 0 Å². The van der Waals surface area contributed by atoms with Gasteiger partial charge in [0, 0.05) is 39.3 Å². The van der Waals surface area contributed by atoms with Crippen LogP contribution in [0.3, 0.4) is 0 Å². The lowest BCUT2D eigenvalue weighted by Crippen LogP contribution is -2.27. The summed E-state index contributed by atoms with van der Waals surface area (Å²) in [5.41, 5.74) is 0. The van der Waals surface area contributed by atoms with E-state index in [9.17, 15) is 0 Å². The summed E-state index contributed by atoms with van der Waals surface area (Å²) in [6.07, 6.45) is 0. The second-order valence-corrected chi connectivity index (χ2v) is 2.17. The molecule has 0 unspecified atom stereocenters. The first kappa shape index (κ1) is 6.99. The van der Waals surface area contributed by atoms with Crippen LogP contribution in [-0.4, -0.2) is 39.3 Å². The van der Waals surface area contributed by atoms with E-state index in [4.69, 9.17) is 0 Å². The monoisotopic (exact) mass is 128 g/mol. The Hall–Kier alpha value is -0.120. The molecular formula is C6H14N3. The molecule has 1 rings (SSSR count). The van der Waals surface area contributed by atoms with Crippen molar-refractivity contribution in [2.75, 3.05) is 39.3 Å². The highest BCUT2D eigenvalue weighted by atomic mass is 15.0. The summed E-state index contributed by atoms with van der Waals surface area (Å²) in [6, 6.07) is 0. The summed E-state index contributed by atoms with van der Waals surface area (Å²) in [6.45, 7) is 6.19. The predicted molar refractivity (Wildman–Crippen MR) is 37.6 cm³/mol. The molecule has 1 aliphatic rings. The molecule has 9 heavy (non-hydrogen) atoms. The molecule has 0 amide bonds. The zero-order valence-corrected chi connectivity index (χ0v) is 5.69. The van der Waals surface area contributed by atoms with Gasteiger partial charge in [0.1, 0.15) is 0 Å². The first-order chi connectivity index (χ1) is 4.50. The fraction of sp³-hybridized carbons (Fsp3) is 1.00. The maximum Gasteiger partial charge on any atom is 0.0259 e. The standard InChI is InChI=1S/C6H14N3/c1-2-8-5-6-9-4-3-7-1/h7-8H,1-6H2. The van der Waals surface area contributed by atoms with E-state index in [1.54, 1.807) is 0 Å². The maximum atomic E-state index is 4.27. The molecule has 0 spiro atoms. The number of nitrogens with zero attached hydrogens (tertiary/aromatic N) is 1. The third-order valence-corrected chi connectivity index (χ3v) is 1.37. The van der Waals surface area contributed by atoms with Gasteiger partial charge in [-0.1, -0.05) is 0 Å². The molecular weight excluding hydrogens is 114 g/mol. The lowest BCUT2D eigenvalue weighted by Gasteiger charge is -1.99. The minimum Gasteiger partial charge on any atom is -0.314 e. The second-order valence-electron chi connectivity index (χ2n) is 2.17. The van der Waals surface area contributed by atoms with Crippen LogP contribution in [0.2, 0.25) is 0 Å². The first-order valence-electron chi connectivity index (χ1n) is 3.55. The summed E-state index contributed by atoms with van der Waals surface area (Å²) >= 11 is 0. The minimum atomic E-state index is 0.974. The van der Waals surface area contributed by atoms with Crippen LogP contribution in [0.5, 0.6) is 0 Å². The Morgan fingerprint density at radius 2 is 1.33 bits per heavy atom. The highest BCUT2D eigenvalue weighted by Gasteiger charge is 1.93. The van der Waals surface area contributed by atoms with Crippen LogP contribution < -0.4 is 16.0 Å². The Labute approximate surface area is 56.2 Å². The van der Waals surface area contributed by atoms with E-state index in [2.05, 4.69) is 16.0 Å². The van der Waals surface area contributed by atoms with E-state index < -0.39 is 0 Å². The van der Waals surface area contributed by atoms with Gasteiger partial charge < -0.3 is 10.6 Å². The number of rotatable bonds is 0. The Balaban J connectivity index is 2.02. The van der Waals surface area contributed by atoms with Crippen molar-refractivity contribution in [1.29, 1.82) is 0 Å². The zero-order chi connectivity index (χ0) is 6.36. The molecule has 53 valence electrons. The van der Waals surface area contributed by atoms with Crippen molar-refractivity contribution in [3.8, 4) is 0 Å². The van der Waals surface area contributed by atoms with Crippen molar-refractivity contribution in [3.05, 3.63) is 0 Å². The van der Waals surface area contributed by atoms with E-state index in [1.165, 1.54) is 0 Å². The van der Waals surface area contributed by atoms with Crippen molar-refractivity contribution in [3.63, 3.8) is 0 Å². The highest BCUT2D eigenvalue weighted by Crippen LogP contribution is 1.68. The minimum absolute atomic E-state index is 0.974. The highest BCUT2D eigenvalue weighted by molar-refractivity contribution is 4.59. The van der Waals surface area contributed by atoms with Gasteiger partial charge in [-0.05, 0) is 0 Å². The Morgan fingerprint density at radius 1 is 0.778 bits per heavy atom. The molecule has 1 saturated heterocycles. The molecule has 0 aromatic heterocycles. The normalized spacial score (nSPS) is 24.0. The van der Waals surface area contributed by atoms with Gasteiger partial charge in [0.05, 0.1) is 0 Å². The average molecular weight is 128 g/mol. The number of hydrogen-bond acceptors (Lipinski definition) is 2. The molecule has 0 bridgehead atoms. The lowest BCUT2D eigenvalue weighted by molar-refractivity contribution is 0.640. The maximum absolute atomic E-state index is 4.27. The van der Waals surface area contributed by atoms with E-state index in [1.807, 2.05) is 0 Å². The fourth-order valence-electron chi connectivity index (χ4n) is 0.855. The average Bonchev–Trinajstić information content (AvgIpc) is 2.00. The molecule has 0 aromatic rings. The van der Waals surface area contributed by atoms with Gasteiger partial charge in [0.15, 0.2) is 0 Å². The molecule has 0 aliphatic carbocycles. The van der Waals surface area contributed by atoms with Gasteiger partial charge in [-0.25, -0.2) is 5.32 Å². The molecule has 3 nitrogen and oxygen atoms in total. The van der Waals surface area contributed by atoms with E-state index in [-0.39, 0.29) is 0 Å².